The lowest BCUT2D eigenvalue weighted by Gasteiger charge is -2.37. The zero-order valence-electron chi connectivity index (χ0n) is 11.0. The normalized spacial score (nSPS) is 43.6. The van der Waals surface area contributed by atoms with Gasteiger partial charge in [0.1, 0.15) is 0 Å². The fourth-order valence-corrected chi connectivity index (χ4v) is 3.97. The summed E-state index contributed by atoms with van der Waals surface area (Å²) in [4.78, 5) is 2.75. The van der Waals surface area contributed by atoms with Crippen molar-refractivity contribution in [3.8, 4) is 0 Å². The second kappa shape index (κ2) is 5.25. The zero-order valence-corrected chi connectivity index (χ0v) is 11.0. The maximum atomic E-state index is 5.56. The van der Waals surface area contributed by atoms with Crippen molar-refractivity contribution in [2.24, 2.45) is 0 Å². The SMILES string of the molecule is COC1CCCC(N2CCC3CCC(C2)N3)C1. The Balaban J connectivity index is 1.59. The highest BCUT2D eigenvalue weighted by Gasteiger charge is 2.33. The molecule has 17 heavy (non-hydrogen) atoms. The third-order valence-corrected chi connectivity index (χ3v) is 5.00. The fraction of sp³-hybridized carbons (Fsp3) is 1.00. The van der Waals surface area contributed by atoms with Crippen LogP contribution in [0.4, 0.5) is 0 Å². The van der Waals surface area contributed by atoms with Crippen molar-refractivity contribution in [2.75, 3.05) is 20.2 Å². The number of hydrogen-bond donors (Lipinski definition) is 1. The van der Waals surface area contributed by atoms with E-state index in [9.17, 15) is 0 Å². The number of likely N-dealkylation sites (tertiary alicyclic amines) is 1. The van der Waals surface area contributed by atoms with Crippen LogP contribution in [0.2, 0.25) is 0 Å². The highest BCUT2D eigenvalue weighted by atomic mass is 16.5. The van der Waals surface area contributed by atoms with Gasteiger partial charge in [0.25, 0.3) is 0 Å². The Morgan fingerprint density at radius 2 is 1.94 bits per heavy atom. The second-order valence-corrected chi connectivity index (χ2v) is 6.10. The minimum atomic E-state index is 0.516. The van der Waals surface area contributed by atoms with Crippen molar-refractivity contribution in [1.29, 1.82) is 0 Å². The lowest BCUT2D eigenvalue weighted by molar-refractivity contribution is 0.0267. The third-order valence-electron chi connectivity index (χ3n) is 5.00. The zero-order chi connectivity index (χ0) is 11.7. The van der Waals surface area contributed by atoms with Gasteiger partial charge in [-0.15, -0.1) is 0 Å². The van der Waals surface area contributed by atoms with E-state index in [0.29, 0.717) is 6.10 Å². The van der Waals surface area contributed by atoms with E-state index < -0.39 is 0 Å². The molecule has 1 N–H and O–H groups in total. The van der Waals surface area contributed by atoms with Crippen molar-refractivity contribution in [3.63, 3.8) is 0 Å². The van der Waals surface area contributed by atoms with Crippen LogP contribution in [-0.2, 0) is 4.74 Å². The topological polar surface area (TPSA) is 24.5 Å². The van der Waals surface area contributed by atoms with E-state index in [-0.39, 0.29) is 0 Å². The van der Waals surface area contributed by atoms with Gasteiger partial charge in [0, 0.05) is 31.8 Å². The van der Waals surface area contributed by atoms with E-state index in [0.717, 1.165) is 18.1 Å². The molecule has 3 fully saturated rings. The summed E-state index contributed by atoms with van der Waals surface area (Å²) in [6, 6.07) is 2.37. The van der Waals surface area contributed by atoms with Gasteiger partial charge < -0.3 is 10.1 Å². The first-order valence-corrected chi connectivity index (χ1v) is 7.38. The Kier molecular flexibility index (Phi) is 3.69. The fourth-order valence-electron chi connectivity index (χ4n) is 3.97. The van der Waals surface area contributed by atoms with E-state index in [4.69, 9.17) is 4.74 Å². The smallest absolute Gasteiger partial charge is 0.0586 e. The summed E-state index contributed by atoms with van der Waals surface area (Å²) in [5.41, 5.74) is 0. The Bertz CT molecular complexity index is 259. The van der Waals surface area contributed by atoms with Crippen molar-refractivity contribution < 1.29 is 4.74 Å². The highest BCUT2D eigenvalue weighted by Crippen LogP contribution is 2.28. The first kappa shape index (κ1) is 11.9. The Hall–Kier alpha value is -0.120. The Labute approximate surface area is 105 Å². The van der Waals surface area contributed by atoms with Gasteiger partial charge >= 0.3 is 0 Å². The molecule has 0 aromatic rings. The van der Waals surface area contributed by atoms with Crippen LogP contribution in [0.3, 0.4) is 0 Å². The molecule has 3 rings (SSSR count). The average Bonchev–Trinajstić information content (AvgIpc) is 2.69. The standard InChI is InChI=1S/C14H26N2O/c1-17-14-4-2-3-13(9-14)16-8-7-11-5-6-12(10-16)15-11/h11-15H,2-10H2,1H3. The molecule has 4 unspecified atom stereocenters. The molecule has 0 aromatic heterocycles. The van der Waals surface area contributed by atoms with Crippen molar-refractivity contribution >= 4 is 0 Å². The lowest BCUT2D eigenvalue weighted by Crippen LogP contribution is -2.44. The van der Waals surface area contributed by atoms with E-state index in [1.54, 1.807) is 0 Å². The van der Waals surface area contributed by atoms with Crippen molar-refractivity contribution in [1.82, 2.24) is 10.2 Å². The Morgan fingerprint density at radius 1 is 1.06 bits per heavy atom. The molecule has 2 aliphatic heterocycles. The van der Waals surface area contributed by atoms with Gasteiger partial charge in [0.15, 0.2) is 0 Å². The summed E-state index contributed by atoms with van der Waals surface area (Å²) >= 11 is 0. The van der Waals surface area contributed by atoms with Gasteiger partial charge in [-0.2, -0.15) is 0 Å². The van der Waals surface area contributed by atoms with Gasteiger partial charge in [-0.05, 0) is 51.5 Å². The molecule has 2 bridgehead atoms. The van der Waals surface area contributed by atoms with Crippen LogP contribution in [0.5, 0.6) is 0 Å². The summed E-state index contributed by atoms with van der Waals surface area (Å²) < 4.78 is 5.56. The van der Waals surface area contributed by atoms with Crippen LogP contribution in [0.15, 0.2) is 0 Å². The van der Waals surface area contributed by atoms with E-state index in [1.807, 2.05) is 7.11 Å². The monoisotopic (exact) mass is 238 g/mol. The molecule has 0 amide bonds. The molecule has 4 atom stereocenters. The van der Waals surface area contributed by atoms with E-state index in [2.05, 4.69) is 10.2 Å². The van der Waals surface area contributed by atoms with Crippen LogP contribution in [0, 0.1) is 0 Å². The van der Waals surface area contributed by atoms with E-state index >= 15 is 0 Å². The van der Waals surface area contributed by atoms with Crippen LogP contribution in [0.25, 0.3) is 0 Å². The molecule has 3 nitrogen and oxygen atoms in total. The summed E-state index contributed by atoms with van der Waals surface area (Å²) in [5, 5.41) is 3.77. The molecule has 2 heterocycles. The molecule has 0 radical (unpaired) electrons. The average molecular weight is 238 g/mol. The second-order valence-electron chi connectivity index (χ2n) is 6.10. The van der Waals surface area contributed by atoms with Gasteiger partial charge in [0.05, 0.1) is 6.10 Å². The van der Waals surface area contributed by atoms with E-state index in [1.165, 1.54) is 58.0 Å². The molecule has 0 aromatic carbocycles. The number of ether oxygens (including phenoxy) is 1. The molecule has 3 heteroatoms. The minimum absolute atomic E-state index is 0.516. The lowest BCUT2D eigenvalue weighted by atomic mass is 9.91. The molecular weight excluding hydrogens is 212 g/mol. The van der Waals surface area contributed by atoms with Crippen molar-refractivity contribution in [3.05, 3.63) is 0 Å². The largest absolute Gasteiger partial charge is 0.381 e. The van der Waals surface area contributed by atoms with Crippen LogP contribution in [-0.4, -0.2) is 49.3 Å². The van der Waals surface area contributed by atoms with Crippen LogP contribution >= 0.6 is 0 Å². The number of nitrogens with one attached hydrogen (secondary N) is 1. The number of fused-ring (bicyclic) bond motifs is 2. The third kappa shape index (κ3) is 2.67. The first-order valence-electron chi connectivity index (χ1n) is 7.38. The van der Waals surface area contributed by atoms with Crippen LogP contribution < -0.4 is 5.32 Å². The maximum absolute atomic E-state index is 5.56. The Morgan fingerprint density at radius 3 is 2.82 bits per heavy atom. The number of rotatable bonds is 2. The first-order chi connectivity index (χ1) is 8.35. The maximum Gasteiger partial charge on any atom is 0.0586 e. The summed E-state index contributed by atoms with van der Waals surface area (Å²) in [6.07, 6.45) is 9.93. The number of nitrogens with zero attached hydrogens (tertiary/aromatic N) is 1. The molecule has 1 saturated carbocycles. The summed E-state index contributed by atoms with van der Waals surface area (Å²) in [7, 11) is 1.87. The summed E-state index contributed by atoms with van der Waals surface area (Å²) in [6.45, 7) is 2.58. The highest BCUT2D eigenvalue weighted by molar-refractivity contribution is 4.92. The summed E-state index contributed by atoms with van der Waals surface area (Å²) in [5.74, 6) is 0. The van der Waals surface area contributed by atoms with Gasteiger partial charge in [0.2, 0.25) is 0 Å². The van der Waals surface area contributed by atoms with Crippen molar-refractivity contribution in [2.45, 2.75) is 69.2 Å². The van der Waals surface area contributed by atoms with Gasteiger partial charge in [-0.3, -0.25) is 4.90 Å². The minimum Gasteiger partial charge on any atom is -0.381 e. The number of hydrogen-bond acceptors (Lipinski definition) is 3. The molecule has 0 spiro atoms. The quantitative estimate of drug-likeness (QED) is 0.793. The molecule has 1 aliphatic carbocycles. The molecular formula is C14H26N2O. The van der Waals surface area contributed by atoms with Gasteiger partial charge in [-0.25, -0.2) is 0 Å². The molecule has 3 aliphatic rings. The van der Waals surface area contributed by atoms with Gasteiger partial charge in [-0.1, -0.05) is 0 Å². The number of methoxy groups -OCH3 is 1. The predicted octanol–water partition coefficient (Wildman–Crippen LogP) is 1.77. The predicted molar refractivity (Wildman–Crippen MR) is 69.2 cm³/mol. The molecule has 98 valence electrons. The van der Waals surface area contributed by atoms with Crippen LogP contribution in [0.1, 0.15) is 44.9 Å². The molecule has 2 saturated heterocycles.